The van der Waals surface area contributed by atoms with Gasteiger partial charge < -0.3 is 5.32 Å². The van der Waals surface area contributed by atoms with E-state index in [0.29, 0.717) is 6.04 Å². The number of benzene rings is 1. The summed E-state index contributed by atoms with van der Waals surface area (Å²) in [4.78, 5) is 0. The molecule has 1 aromatic rings. The first-order valence-corrected chi connectivity index (χ1v) is 5.76. The summed E-state index contributed by atoms with van der Waals surface area (Å²) in [5.41, 5.74) is 1.26. The van der Waals surface area contributed by atoms with E-state index in [4.69, 9.17) is 11.6 Å². The van der Waals surface area contributed by atoms with Crippen molar-refractivity contribution in [2.45, 2.75) is 19.5 Å². The zero-order valence-electron chi connectivity index (χ0n) is 7.56. The second-order valence-electron chi connectivity index (χ2n) is 3.06. The minimum atomic E-state index is 0.496. The van der Waals surface area contributed by atoms with Gasteiger partial charge in [-0.3, -0.25) is 0 Å². The van der Waals surface area contributed by atoms with E-state index in [2.05, 4.69) is 28.2 Å². The molecule has 0 heterocycles. The third-order valence-electron chi connectivity index (χ3n) is 1.80. The zero-order valence-corrected chi connectivity index (χ0v) is 9.90. The number of rotatable bonds is 4. The maximum absolute atomic E-state index is 5.77. The number of halogens is 2. The van der Waals surface area contributed by atoms with E-state index in [1.54, 1.807) is 0 Å². The summed E-state index contributed by atoms with van der Waals surface area (Å²) >= 11 is 9.19. The fraction of sp³-hybridized carbons (Fsp3) is 0.400. The van der Waals surface area contributed by atoms with Crippen molar-refractivity contribution in [1.29, 1.82) is 0 Å². The van der Waals surface area contributed by atoms with Gasteiger partial charge in [-0.05, 0) is 24.6 Å². The van der Waals surface area contributed by atoms with Gasteiger partial charge in [0.25, 0.3) is 0 Å². The molecule has 1 unspecified atom stereocenters. The van der Waals surface area contributed by atoms with Crippen molar-refractivity contribution in [2.75, 3.05) is 5.33 Å². The lowest BCUT2D eigenvalue weighted by atomic mass is 10.2. The number of hydrogen-bond donors (Lipinski definition) is 1. The largest absolute Gasteiger partial charge is 0.309 e. The lowest BCUT2D eigenvalue weighted by Crippen LogP contribution is -2.26. The molecule has 3 heteroatoms. The van der Waals surface area contributed by atoms with Crippen LogP contribution in [0, 0.1) is 0 Å². The molecule has 0 spiro atoms. The van der Waals surface area contributed by atoms with Crippen LogP contribution < -0.4 is 5.32 Å². The highest BCUT2D eigenvalue weighted by Gasteiger charge is 1.98. The lowest BCUT2D eigenvalue weighted by Gasteiger charge is -2.10. The third kappa shape index (κ3) is 4.12. The Morgan fingerprint density at radius 2 is 2.00 bits per heavy atom. The molecule has 0 amide bonds. The van der Waals surface area contributed by atoms with Gasteiger partial charge in [0, 0.05) is 22.9 Å². The number of nitrogens with one attached hydrogen (secondary N) is 1. The van der Waals surface area contributed by atoms with Gasteiger partial charge >= 0.3 is 0 Å². The van der Waals surface area contributed by atoms with Crippen molar-refractivity contribution in [3.05, 3.63) is 34.9 Å². The standard InChI is InChI=1S/C10H13BrClN/c1-8(6-11)13-7-9-2-4-10(12)5-3-9/h2-5,8,13H,6-7H2,1H3. The van der Waals surface area contributed by atoms with Crippen LogP contribution in [-0.2, 0) is 6.54 Å². The van der Waals surface area contributed by atoms with Crippen LogP contribution in [0.25, 0.3) is 0 Å². The molecular formula is C10H13BrClN. The van der Waals surface area contributed by atoms with Gasteiger partial charge in [0.15, 0.2) is 0 Å². The van der Waals surface area contributed by atoms with Crippen LogP contribution in [-0.4, -0.2) is 11.4 Å². The second-order valence-corrected chi connectivity index (χ2v) is 4.15. The highest BCUT2D eigenvalue weighted by atomic mass is 79.9. The van der Waals surface area contributed by atoms with Crippen molar-refractivity contribution >= 4 is 27.5 Å². The summed E-state index contributed by atoms with van der Waals surface area (Å²) in [7, 11) is 0. The van der Waals surface area contributed by atoms with Crippen LogP contribution in [0.3, 0.4) is 0 Å². The minimum Gasteiger partial charge on any atom is -0.309 e. The molecule has 0 fully saturated rings. The first kappa shape index (κ1) is 11.0. The maximum atomic E-state index is 5.77. The van der Waals surface area contributed by atoms with Gasteiger partial charge in [-0.1, -0.05) is 39.7 Å². The minimum absolute atomic E-state index is 0.496. The van der Waals surface area contributed by atoms with E-state index in [0.717, 1.165) is 16.9 Å². The Kier molecular flexibility index (Phi) is 4.78. The van der Waals surface area contributed by atoms with Gasteiger partial charge in [0.1, 0.15) is 0 Å². The second kappa shape index (κ2) is 5.63. The summed E-state index contributed by atoms with van der Waals surface area (Å²) in [5, 5.41) is 5.14. The molecule has 0 saturated heterocycles. The Balaban J connectivity index is 2.41. The molecule has 0 radical (unpaired) electrons. The van der Waals surface area contributed by atoms with Crippen molar-refractivity contribution < 1.29 is 0 Å². The molecule has 72 valence electrons. The molecule has 0 aliphatic carbocycles. The lowest BCUT2D eigenvalue weighted by molar-refractivity contribution is 0.598. The van der Waals surface area contributed by atoms with Crippen molar-refractivity contribution in [3.8, 4) is 0 Å². The zero-order chi connectivity index (χ0) is 9.68. The molecule has 0 aliphatic rings. The summed E-state index contributed by atoms with van der Waals surface area (Å²) < 4.78 is 0. The van der Waals surface area contributed by atoms with Gasteiger partial charge in [-0.2, -0.15) is 0 Å². The summed E-state index contributed by atoms with van der Waals surface area (Å²) in [6.07, 6.45) is 0. The Labute approximate surface area is 92.6 Å². The van der Waals surface area contributed by atoms with Gasteiger partial charge in [-0.15, -0.1) is 0 Å². The molecule has 1 nitrogen and oxygen atoms in total. The quantitative estimate of drug-likeness (QED) is 0.822. The molecule has 0 saturated carbocycles. The highest BCUT2D eigenvalue weighted by Crippen LogP contribution is 2.09. The van der Waals surface area contributed by atoms with Gasteiger partial charge in [-0.25, -0.2) is 0 Å². The van der Waals surface area contributed by atoms with Crippen LogP contribution in [0.15, 0.2) is 24.3 Å². The highest BCUT2D eigenvalue weighted by molar-refractivity contribution is 9.09. The van der Waals surface area contributed by atoms with Crippen molar-refractivity contribution in [3.63, 3.8) is 0 Å². The molecule has 0 aromatic heterocycles. The fourth-order valence-corrected chi connectivity index (χ4v) is 1.30. The average Bonchev–Trinajstić information content (AvgIpc) is 2.16. The smallest absolute Gasteiger partial charge is 0.0406 e. The predicted octanol–water partition coefficient (Wildman–Crippen LogP) is 3.21. The van der Waals surface area contributed by atoms with E-state index in [9.17, 15) is 0 Å². The summed E-state index contributed by atoms with van der Waals surface area (Å²) in [6, 6.07) is 8.40. The van der Waals surface area contributed by atoms with Gasteiger partial charge in [0.05, 0.1) is 0 Å². The Morgan fingerprint density at radius 3 is 2.54 bits per heavy atom. The van der Waals surface area contributed by atoms with Crippen molar-refractivity contribution in [2.24, 2.45) is 0 Å². The molecule has 0 bridgehead atoms. The van der Waals surface area contributed by atoms with Crippen LogP contribution in [0.2, 0.25) is 5.02 Å². The topological polar surface area (TPSA) is 12.0 Å². The average molecular weight is 263 g/mol. The van der Waals surface area contributed by atoms with E-state index in [1.165, 1.54) is 5.56 Å². The molecule has 0 aliphatic heterocycles. The molecule has 1 rings (SSSR count). The normalized spacial score (nSPS) is 12.8. The molecule has 1 N–H and O–H groups in total. The van der Waals surface area contributed by atoms with Crippen LogP contribution in [0.4, 0.5) is 0 Å². The van der Waals surface area contributed by atoms with Gasteiger partial charge in [0.2, 0.25) is 0 Å². The van der Waals surface area contributed by atoms with E-state index in [1.807, 2.05) is 24.3 Å². The van der Waals surface area contributed by atoms with E-state index >= 15 is 0 Å². The summed E-state index contributed by atoms with van der Waals surface area (Å²) in [5.74, 6) is 0. The molecular weight excluding hydrogens is 249 g/mol. The molecule has 1 atom stereocenters. The first-order valence-electron chi connectivity index (χ1n) is 4.26. The Morgan fingerprint density at radius 1 is 1.38 bits per heavy atom. The van der Waals surface area contributed by atoms with Crippen LogP contribution >= 0.6 is 27.5 Å². The monoisotopic (exact) mass is 261 g/mol. The maximum Gasteiger partial charge on any atom is 0.0406 e. The molecule has 1 aromatic carbocycles. The van der Waals surface area contributed by atoms with E-state index < -0.39 is 0 Å². The number of hydrogen-bond acceptors (Lipinski definition) is 1. The Hall–Kier alpha value is -0.0500. The first-order chi connectivity index (χ1) is 6.22. The Bertz CT molecular complexity index is 248. The van der Waals surface area contributed by atoms with E-state index in [-0.39, 0.29) is 0 Å². The van der Waals surface area contributed by atoms with Crippen molar-refractivity contribution in [1.82, 2.24) is 5.32 Å². The van der Waals surface area contributed by atoms with Crippen LogP contribution in [0.1, 0.15) is 12.5 Å². The van der Waals surface area contributed by atoms with Crippen LogP contribution in [0.5, 0.6) is 0 Å². The summed E-state index contributed by atoms with van der Waals surface area (Å²) in [6.45, 7) is 3.04. The third-order valence-corrected chi connectivity index (χ3v) is 3.02. The number of alkyl halides is 1. The predicted molar refractivity (Wildman–Crippen MR) is 61.5 cm³/mol. The fourth-order valence-electron chi connectivity index (χ4n) is 0.949. The SMILES string of the molecule is CC(CBr)NCc1ccc(Cl)cc1. The molecule has 13 heavy (non-hydrogen) atoms.